The molecule has 0 atom stereocenters. The number of carbonyl (C=O) groups excluding carboxylic acids is 1. The van der Waals surface area contributed by atoms with Crippen molar-refractivity contribution < 1.29 is 9.53 Å². The van der Waals surface area contributed by atoms with E-state index in [0.29, 0.717) is 6.61 Å². The van der Waals surface area contributed by atoms with Crippen LogP contribution in [0.5, 0.6) is 0 Å². The lowest BCUT2D eigenvalue weighted by Crippen LogP contribution is -2.29. The van der Waals surface area contributed by atoms with Crippen molar-refractivity contribution in [2.45, 2.75) is 53.4 Å². The summed E-state index contributed by atoms with van der Waals surface area (Å²) >= 11 is 0. The molecule has 0 saturated carbocycles. The summed E-state index contributed by atoms with van der Waals surface area (Å²) in [6.45, 7) is 12.3. The van der Waals surface area contributed by atoms with E-state index in [9.17, 15) is 4.79 Å². The van der Waals surface area contributed by atoms with Crippen LogP contribution in [0.15, 0.2) is 0 Å². The summed E-state index contributed by atoms with van der Waals surface area (Å²) in [5.41, 5.74) is -0.393. The van der Waals surface area contributed by atoms with E-state index in [1.807, 2.05) is 20.8 Å². The maximum absolute atomic E-state index is 11.5. The topological polar surface area (TPSA) is 50.4 Å². The van der Waals surface area contributed by atoms with Gasteiger partial charge in [0.25, 0.3) is 0 Å². The van der Waals surface area contributed by atoms with E-state index in [-0.39, 0.29) is 5.97 Å². The van der Waals surface area contributed by atoms with E-state index in [0.717, 1.165) is 32.6 Å². The molecule has 0 amide bonds. The zero-order valence-electron chi connectivity index (χ0n) is 13.2. The van der Waals surface area contributed by atoms with Crippen LogP contribution in [0, 0.1) is 5.41 Å². The highest BCUT2D eigenvalue weighted by molar-refractivity contribution is 5.75. The Hall–Kier alpha value is -0.610. The Morgan fingerprint density at radius 3 is 2.05 bits per heavy atom. The minimum Gasteiger partial charge on any atom is -0.465 e. The molecule has 0 unspecified atom stereocenters. The lowest BCUT2D eigenvalue weighted by atomic mass is 9.97. The van der Waals surface area contributed by atoms with Gasteiger partial charge in [-0.25, -0.2) is 0 Å². The molecule has 4 heteroatoms. The van der Waals surface area contributed by atoms with Crippen molar-refractivity contribution in [2.24, 2.45) is 5.41 Å². The van der Waals surface area contributed by atoms with Gasteiger partial charge in [-0.3, -0.25) is 4.79 Å². The standard InChI is InChI=1S/C15H32N2O2/c1-5-6-7-9-16-11-12-17-10-8-13-19-14(18)15(2,3)4/h16-17H,5-13H2,1-4H3. The Bertz CT molecular complexity index is 225. The van der Waals surface area contributed by atoms with Crippen molar-refractivity contribution in [1.29, 1.82) is 0 Å². The van der Waals surface area contributed by atoms with Gasteiger partial charge < -0.3 is 15.4 Å². The third kappa shape index (κ3) is 12.2. The Balaban J connectivity index is 3.17. The summed E-state index contributed by atoms with van der Waals surface area (Å²) in [4.78, 5) is 11.5. The molecule has 0 heterocycles. The summed E-state index contributed by atoms with van der Waals surface area (Å²) in [5.74, 6) is -0.120. The number of esters is 1. The van der Waals surface area contributed by atoms with Crippen LogP contribution in [0.4, 0.5) is 0 Å². The van der Waals surface area contributed by atoms with E-state index in [1.165, 1.54) is 19.3 Å². The molecule has 0 aliphatic rings. The van der Waals surface area contributed by atoms with Crippen LogP contribution in [0.25, 0.3) is 0 Å². The fourth-order valence-electron chi connectivity index (χ4n) is 1.51. The molecule has 0 saturated heterocycles. The lowest BCUT2D eigenvalue weighted by Gasteiger charge is -2.16. The molecule has 0 rings (SSSR count). The van der Waals surface area contributed by atoms with Gasteiger partial charge >= 0.3 is 5.97 Å². The second-order valence-electron chi connectivity index (χ2n) is 5.95. The summed E-state index contributed by atoms with van der Waals surface area (Å²) < 4.78 is 5.18. The normalized spacial score (nSPS) is 11.6. The van der Waals surface area contributed by atoms with Gasteiger partial charge in [-0.1, -0.05) is 19.8 Å². The van der Waals surface area contributed by atoms with E-state index in [4.69, 9.17) is 4.74 Å². The molecule has 0 aliphatic heterocycles. The fourth-order valence-corrected chi connectivity index (χ4v) is 1.51. The van der Waals surface area contributed by atoms with Crippen molar-refractivity contribution in [3.8, 4) is 0 Å². The average Bonchev–Trinajstić information content (AvgIpc) is 2.34. The molecule has 0 aliphatic carbocycles. The maximum atomic E-state index is 11.5. The Labute approximate surface area is 118 Å². The van der Waals surface area contributed by atoms with Crippen LogP contribution in [-0.4, -0.2) is 38.8 Å². The van der Waals surface area contributed by atoms with Crippen LogP contribution in [0.3, 0.4) is 0 Å². The van der Waals surface area contributed by atoms with Crippen molar-refractivity contribution in [1.82, 2.24) is 10.6 Å². The van der Waals surface area contributed by atoms with Gasteiger partial charge in [0.1, 0.15) is 0 Å². The number of nitrogens with one attached hydrogen (secondary N) is 2. The van der Waals surface area contributed by atoms with Crippen molar-refractivity contribution >= 4 is 5.97 Å². The number of unbranched alkanes of at least 4 members (excludes halogenated alkanes) is 2. The molecule has 0 spiro atoms. The molecule has 0 radical (unpaired) electrons. The Kier molecular flexibility index (Phi) is 10.9. The van der Waals surface area contributed by atoms with E-state index >= 15 is 0 Å². The van der Waals surface area contributed by atoms with Crippen LogP contribution in [-0.2, 0) is 9.53 Å². The minimum atomic E-state index is -0.393. The molecule has 0 aromatic rings. The van der Waals surface area contributed by atoms with Gasteiger partial charge in [0, 0.05) is 13.1 Å². The van der Waals surface area contributed by atoms with Gasteiger partial charge in [0.15, 0.2) is 0 Å². The smallest absolute Gasteiger partial charge is 0.311 e. The predicted octanol–water partition coefficient (Wildman–Crippen LogP) is 2.34. The molecule has 4 nitrogen and oxygen atoms in total. The molecule has 0 aromatic carbocycles. The third-order valence-corrected chi connectivity index (χ3v) is 2.78. The van der Waals surface area contributed by atoms with Crippen LogP contribution < -0.4 is 10.6 Å². The van der Waals surface area contributed by atoms with Crippen molar-refractivity contribution in [3.05, 3.63) is 0 Å². The SMILES string of the molecule is CCCCCNCCNCCCOC(=O)C(C)(C)C. The van der Waals surface area contributed by atoms with Crippen molar-refractivity contribution in [2.75, 3.05) is 32.8 Å². The van der Waals surface area contributed by atoms with Gasteiger partial charge in [-0.05, 0) is 46.7 Å². The molecular formula is C15H32N2O2. The second kappa shape index (κ2) is 11.2. The Morgan fingerprint density at radius 1 is 0.947 bits per heavy atom. The molecule has 0 bridgehead atoms. The number of hydrogen-bond donors (Lipinski definition) is 2. The zero-order chi connectivity index (χ0) is 14.6. The summed E-state index contributed by atoms with van der Waals surface area (Å²) in [6.07, 6.45) is 4.71. The highest BCUT2D eigenvalue weighted by Gasteiger charge is 2.22. The van der Waals surface area contributed by atoms with Gasteiger partial charge in [0.2, 0.25) is 0 Å². The molecular weight excluding hydrogens is 240 g/mol. The lowest BCUT2D eigenvalue weighted by molar-refractivity contribution is -0.152. The van der Waals surface area contributed by atoms with Crippen LogP contribution in [0.2, 0.25) is 0 Å². The Morgan fingerprint density at radius 2 is 1.53 bits per heavy atom. The van der Waals surface area contributed by atoms with Gasteiger partial charge in [-0.2, -0.15) is 0 Å². The molecule has 2 N–H and O–H groups in total. The molecule has 0 fully saturated rings. The molecule has 19 heavy (non-hydrogen) atoms. The quantitative estimate of drug-likeness (QED) is 0.448. The number of carbonyl (C=O) groups is 1. The average molecular weight is 272 g/mol. The largest absolute Gasteiger partial charge is 0.465 e. The third-order valence-electron chi connectivity index (χ3n) is 2.78. The summed E-state index contributed by atoms with van der Waals surface area (Å²) in [6, 6.07) is 0. The summed E-state index contributed by atoms with van der Waals surface area (Å²) in [5, 5.41) is 6.74. The van der Waals surface area contributed by atoms with Crippen LogP contribution >= 0.6 is 0 Å². The fraction of sp³-hybridized carbons (Fsp3) is 0.933. The summed E-state index contributed by atoms with van der Waals surface area (Å²) in [7, 11) is 0. The highest BCUT2D eigenvalue weighted by atomic mass is 16.5. The monoisotopic (exact) mass is 272 g/mol. The minimum absolute atomic E-state index is 0.120. The van der Waals surface area contributed by atoms with Crippen LogP contribution in [0.1, 0.15) is 53.4 Å². The number of hydrogen-bond acceptors (Lipinski definition) is 4. The highest BCUT2D eigenvalue weighted by Crippen LogP contribution is 2.14. The first-order valence-electron chi connectivity index (χ1n) is 7.57. The second-order valence-corrected chi connectivity index (χ2v) is 5.95. The first kappa shape index (κ1) is 18.4. The van der Waals surface area contributed by atoms with E-state index in [2.05, 4.69) is 17.6 Å². The van der Waals surface area contributed by atoms with E-state index in [1.54, 1.807) is 0 Å². The first-order chi connectivity index (χ1) is 8.98. The van der Waals surface area contributed by atoms with E-state index < -0.39 is 5.41 Å². The molecule has 114 valence electrons. The van der Waals surface area contributed by atoms with Gasteiger partial charge in [-0.15, -0.1) is 0 Å². The first-order valence-corrected chi connectivity index (χ1v) is 7.57. The maximum Gasteiger partial charge on any atom is 0.311 e. The zero-order valence-corrected chi connectivity index (χ0v) is 13.2. The van der Waals surface area contributed by atoms with Crippen molar-refractivity contribution in [3.63, 3.8) is 0 Å². The number of rotatable bonds is 11. The molecule has 0 aromatic heterocycles. The van der Waals surface area contributed by atoms with Gasteiger partial charge in [0.05, 0.1) is 12.0 Å². The predicted molar refractivity (Wildman–Crippen MR) is 80.3 cm³/mol. The number of ether oxygens (including phenoxy) is 1.